The van der Waals surface area contributed by atoms with Gasteiger partial charge in [-0.2, -0.15) is 0 Å². The van der Waals surface area contributed by atoms with E-state index in [1.807, 2.05) is 11.3 Å². The summed E-state index contributed by atoms with van der Waals surface area (Å²) in [7, 11) is 0. The van der Waals surface area contributed by atoms with Gasteiger partial charge >= 0.3 is 0 Å². The van der Waals surface area contributed by atoms with E-state index >= 15 is 0 Å². The first-order valence-electron chi connectivity index (χ1n) is 11.0. The topological polar surface area (TPSA) is 32.3 Å². The zero-order chi connectivity index (χ0) is 20.0. The molecule has 4 nitrogen and oxygen atoms in total. The minimum absolute atomic E-state index is 0.353. The molecule has 0 radical (unpaired) electrons. The molecule has 5 heteroatoms. The van der Waals surface area contributed by atoms with Gasteiger partial charge in [0.15, 0.2) is 0 Å². The average Bonchev–Trinajstić information content (AvgIpc) is 3.12. The fourth-order valence-corrected chi connectivity index (χ4v) is 5.84. The van der Waals surface area contributed by atoms with Crippen molar-refractivity contribution in [2.45, 2.75) is 52.4 Å². The number of piperazine rings is 1. The number of aryl methyl sites for hydroxylation is 3. The zero-order valence-electron chi connectivity index (χ0n) is 17.7. The lowest BCUT2D eigenvalue weighted by Crippen LogP contribution is -2.47. The molecule has 3 aromatic rings. The molecule has 5 rings (SSSR count). The molecule has 0 saturated carbocycles. The summed E-state index contributed by atoms with van der Waals surface area (Å²) in [5, 5.41) is 1.36. The Labute approximate surface area is 177 Å². The van der Waals surface area contributed by atoms with Gasteiger partial charge in [-0.1, -0.05) is 31.5 Å². The third-order valence-corrected chi connectivity index (χ3v) is 7.49. The molecule has 0 unspecified atom stereocenters. The number of benzene rings is 1. The van der Waals surface area contributed by atoms with Gasteiger partial charge in [-0.3, -0.25) is 0 Å². The maximum absolute atomic E-state index is 5.12. The van der Waals surface area contributed by atoms with Crippen LogP contribution in [0, 0.1) is 6.92 Å². The van der Waals surface area contributed by atoms with Crippen LogP contribution in [0.4, 0.5) is 11.5 Å². The maximum atomic E-state index is 5.12. The molecular weight excluding hydrogens is 376 g/mol. The van der Waals surface area contributed by atoms with Crippen LogP contribution in [-0.4, -0.2) is 36.1 Å². The van der Waals surface area contributed by atoms with Gasteiger partial charge in [-0.05, 0) is 50.3 Å². The largest absolute Gasteiger partial charge is 0.368 e. The first kappa shape index (κ1) is 18.9. The van der Waals surface area contributed by atoms with E-state index in [9.17, 15) is 0 Å². The molecule has 152 valence electrons. The predicted molar refractivity (Wildman–Crippen MR) is 124 cm³/mol. The summed E-state index contributed by atoms with van der Waals surface area (Å²) in [5.41, 5.74) is 4.19. The molecule has 0 atom stereocenters. The van der Waals surface area contributed by atoms with Crippen molar-refractivity contribution >= 4 is 33.1 Å². The van der Waals surface area contributed by atoms with Crippen LogP contribution in [0.15, 0.2) is 24.3 Å². The molecule has 1 aliphatic heterocycles. The van der Waals surface area contributed by atoms with Crippen LogP contribution in [-0.2, 0) is 12.8 Å². The Balaban J connectivity index is 1.48. The normalized spacial score (nSPS) is 17.2. The SMILES string of the molecule is Cc1ccc(N2CCN(c3nc(C(C)C)nc4sc5c(c34)CCCC5)CC2)cc1. The Morgan fingerprint density at radius 3 is 2.31 bits per heavy atom. The minimum atomic E-state index is 0.353. The van der Waals surface area contributed by atoms with Crippen molar-refractivity contribution in [3.05, 3.63) is 46.1 Å². The van der Waals surface area contributed by atoms with E-state index in [1.165, 1.54) is 53.0 Å². The molecule has 0 amide bonds. The van der Waals surface area contributed by atoms with Crippen molar-refractivity contribution < 1.29 is 0 Å². The fraction of sp³-hybridized carbons (Fsp3) is 0.500. The number of thiophene rings is 1. The van der Waals surface area contributed by atoms with E-state index in [0.29, 0.717) is 5.92 Å². The second kappa shape index (κ2) is 7.60. The van der Waals surface area contributed by atoms with E-state index in [1.54, 1.807) is 10.4 Å². The highest BCUT2D eigenvalue weighted by Gasteiger charge is 2.26. The lowest BCUT2D eigenvalue weighted by molar-refractivity contribution is 0.644. The van der Waals surface area contributed by atoms with Crippen molar-refractivity contribution in [3.63, 3.8) is 0 Å². The number of fused-ring (bicyclic) bond motifs is 3. The van der Waals surface area contributed by atoms with Gasteiger partial charge in [-0.25, -0.2) is 9.97 Å². The molecule has 29 heavy (non-hydrogen) atoms. The Morgan fingerprint density at radius 2 is 1.59 bits per heavy atom. The second-order valence-electron chi connectivity index (χ2n) is 8.76. The van der Waals surface area contributed by atoms with E-state index in [4.69, 9.17) is 9.97 Å². The van der Waals surface area contributed by atoms with Crippen molar-refractivity contribution in [3.8, 4) is 0 Å². The number of hydrogen-bond donors (Lipinski definition) is 0. The third-order valence-electron chi connectivity index (χ3n) is 6.31. The van der Waals surface area contributed by atoms with Gasteiger partial charge in [0.1, 0.15) is 16.5 Å². The maximum Gasteiger partial charge on any atom is 0.141 e. The number of nitrogens with zero attached hydrogens (tertiary/aromatic N) is 4. The Morgan fingerprint density at radius 1 is 0.897 bits per heavy atom. The lowest BCUT2D eigenvalue weighted by Gasteiger charge is -2.37. The molecule has 0 spiro atoms. The molecule has 3 heterocycles. The summed E-state index contributed by atoms with van der Waals surface area (Å²) in [5.74, 6) is 2.54. The average molecular weight is 407 g/mol. The van der Waals surface area contributed by atoms with E-state index in [-0.39, 0.29) is 0 Å². The second-order valence-corrected chi connectivity index (χ2v) is 9.84. The molecule has 1 saturated heterocycles. The van der Waals surface area contributed by atoms with Crippen LogP contribution < -0.4 is 9.80 Å². The zero-order valence-corrected chi connectivity index (χ0v) is 18.6. The first-order chi connectivity index (χ1) is 14.1. The number of rotatable bonds is 3. The van der Waals surface area contributed by atoms with E-state index in [0.717, 1.165) is 32.0 Å². The Hall–Kier alpha value is -2.14. The van der Waals surface area contributed by atoms with Crippen LogP contribution >= 0.6 is 11.3 Å². The quantitative estimate of drug-likeness (QED) is 0.589. The lowest BCUT2D eigenvalue weighted by atomic mass is 9.96. The predicted octanol–water partition coefficient (Wildman–Crippen LogP) is 5.33. The first-order valence-corrected chi connectivity index (χ1v) is 11.8. The van der Waals surface area contributed by atoms with Crippen molar-refractivity contribution in [2.75, 3.05) is 36.0 Å². The van der Waals surface area contributed by atoms with Crippen LogP contribution in [0.1, 0.15) is 54.4 Å². The highest BCUT2D eigenvalue weighted by Crippen LogP contribution is 2.40. The van der Waals surface area contributed by atoms with Gasteiger partial charge in [0.25, 0.3) is 0 Å². The summed E-state index contributed by atoms with van der Waals surface area (Å²) in [6, 6.07) is 8.92. The van der Waals surface area contributed by atoms with E-state index < -0.39 is 0 Å². The van der Waals surface area contributed by atoms with Crippen LogP contribution in [0.25, 0.3) is 10.2 Å². The highest BCUT2D eigenvalue weighted by atomic mass is 32.1. The summed E-state index contributed by atoms with van der Waals surface area (Å²) < 4.78 is 0. The monoisotopic (exact) mass is 406 g/mol. The van der Waals surface area contributed by atoms with Gasteiger partial charge in [0, 0.05) is 42.7 Å². The van der Waals surface area contributed by atoms with Crippen LogP contribution in [0.5, 0.6) is 0 Å². The molecule has 1 fully saturated rings. The van der Waals surface area contributed by atoms with Crippen molar-refractivity contribution in [1.82, 2.24) is 9.97 Å². The summed E-state index contributed by atoms with van der Waals surface area (Å²) in [6.07, 6.45) is 5.02. The molecule has 1 aromatic carbocycles. The van der Waals surface area contributed by atoms with E-state index in [2.05, 4.69) is 54.8 Å². The summed E-state index contributed by atoms with van der Waals surface area (Å²) >= 11 is 1.92. The molecule has 2 aromatic heterocycles. The smallest absolute Gasteiger partial charge is 0.141 e. The number of hydrogen-bond acceptors (Lipinski definition) is 5. The number of aromatic nitrogens is 2. The molecule has 2 aliphatic rings. The molecule has 1 aliphatic carbocycles. The minimum Gasteiger partial charge on any atom is -0.368 e. The van der Waals surface area contributed by atoms with Crippen molar-refractivity contribution in [2.24, 2.45) is 0 Å². The van der Waals surface area contributed by atoms with Gasteiger partial charge in [-0.15, -0.1) is 11.3 Å². The van der Waals surface area contributed by atoms with Gasteiger partial charge in [0.05, 0.1) is 5.39 Å². The molecular formula is C24H30N4S. The standard InChI is InChI=1S/C24H30N4S/c1-16(2)22-25-23(21-19-6-4-5-7-20(19)29-24(21)26-22)28-14-12-27(13-15-28)18-10-8-17(3)9-11-18/h8-11,16H,4-7,12-15H2,1-3H3. The summed E-state index contributed by atoms with van der Waals surface area (Å²) in [6.45, 7) is 10.7. The van der Waals surface area contributed by atoms with Gasteiger partial charge in [0.2, 0.25) is 0 Å². The Kier molecular flexibility index (Phi) is 4.94. The molecule has 0 bridgehead atoms. The van der Waals surface area contributed by atoms with Crippen molar-refractivity contribution in [1.29, 1.82) is 0 Å². The Bertz CT molecular complexity index is 1010. The fourth-order valence-electron chi connectivity index (χ4n) is 4.57. The number of anilines is 2. The third kappa shape index (κ3) is 3.50. The van der Waals surface area contributed by atoms with Crippen LogP contribution in [0.2, 0.25) is 0 Å². The summed E-state index contributed by atoms with van der Waals surface area (Å²) in [4.78, 5) is 17.9. The highest BCUT2D eigenvalue weighted by molar-refractivity contribution is 7.19. The molecule has 0 N–H and O–H groups in total. The van der Waals surface area contributed by atoms with Gasteiger partial charge < -0.3 is 9.80 Å². The van der Waals surface area contributed by atoms with Crippen LogP contribution in [0.3, 0.4) is 0 Å².